The average molecular weight is 754 g/mol. The van der Waals surface area contributed by atoms with Gasteiger partial charge >= 0.3 is 0 Å². The highest BCUT2D eigenvalue weighted by Gasteiger charge is 2.26. The summed E-state index contributed by atoms with van der Waals surface area (Å²) in [5, 5.41) is 17.2. The first-order valence-corrected chi connectivity index (χ1v) is 19.7. The Morgan fingerprint density at radius 3 is 1.56 bits per heavy atom. The van der Waals surface area contributed by atoms with Crippen molar-refractivity contribution < 1.29 is 4.42 Å². The van der Waals surface area contributed by atoms with Crippen molar-refractivity contribution in [2.24, 2.45) is 0 Å². The van der Waals surface area contributed by atoms with Crippen LogP contribution in [0.4, 0.5) is 0 Å². The van der Waals surface area contributed by atoms with Gasteiger partial charge in [-0.25, -0.2) is 9.97 Å². The molecule has 59 heavy (non-hydrogen) atoms. The fraction of sp³-hybridized carbons (Fsp3) is 0. The fourth-order valence-electron chi connectivity index (χ4n) is 9.11. The molecule has 12 aromatic rings. The van der Waals surface area contributed by atoms with E-state index in [1.54, 1.807) is 0 Å². The van der Waals surface area contributed by atoms with Crippen LogP contribution in [0.5, 0.6) is 0 Å². The van der Waals surface area contributed by atoms with E-state index in [2.05, 4.69) is 124 Å². The Bertz CT molecular complexity index is 3610. The molecule has 0 unspecified atom stereocenters. The summed E-state index contributed by atoms with van der Waals surface area (Å²) in [6.07, 6.45) is 0. The highest BCUT2D eigenvalue weighted by atomic mass is 16.3. The van der Waals surface area contributed by atoms with Gasteiger partial charge in [-0.05, 0) is 54.6 Å². The Morgan fingerprint density at radius 1 is 0.441 bits per heavy atom. The van der Waals surface area contributed by atoms with Gasteiger partial charge in [-0.15, -0.1) is 0 Å². The first-order valence-electron chi connectivity index (χ1n) is 19.7. The lowest BCUT2D eigenvalue weighted by Gasteiger charge is -2.14. The predicted molar refractivity (Wildman–Crippen MR) is 239 cm³/mol. The molecule has 6 heteroatoms. The topological polar surface area (TPSA) is 72.6 Å². The predicted octanol–water partition coefficient (Wildman–Crippen LogP) is 13.4. The molecule has 0 amide bonds. The molecule has 0 fully saturated rings. The second kappa shape index (κ2) is 12.9. The molecule has 12 rings (SSSR count). The molecule has 0 aliphatic rings. The minimum atomic E-state index is 0.432. The minimum Gasteiger partial charge on any atom is -0.454 e. The van der Waals surface area contributed by atoms with Gasteiger partial charge in [0, 0.05) is 54.7 Å². The van der Waals surface area contributed by atoms with Crippen LogP contribution in [-0.4, -0.2) is 19.1 Å². The van der Waals surface area contributed by atoms with Crippen LogP contribution in [-0.2, 0) is 0 Å². The lowest BCUT2D eigenvalue weighted by atomic mass is 9.99. The van der Waals surface area contributed by atoms with Gasteiger partial charge in [0.1, 0.15) is 17.2 Å². The second-order valence-corrected chi connectivity index (χ2v) is 14.8. The number of rotatable bonds is 5. The third-order valence-corrected chi connectivity index (χ3v) is 11.6. The lowest BCUT2D eigenvalue weighted by molar-refractivity contribution is 0.666. The SMILES string of the molecule is N#Cc1c(-c2ccccc2)nc(-c2ccc(-n3c4ccccc4c4c5c6ccccc6n(-c6ccccc6)c5ccc43)c3oc4ccccc4c23)nc1-c1ccccc1. The molecule has 4 aromatic heterocycles. The molecule has 0 spiro atoms. The van der Waals surface area contributed by atoms with Gasteiger partial charge in [-0.2, -0.15) is 5.26 Å². The Balaban J connectivity index is 1.18. The van der Waals surface area contributed by atoms with Crippen molar-refractivity contribution in [2.75, 3.05) is 0 Å². The van der Waals surface area contributed by atoms with Gasteiger partial charge < -0.3 is 13.6 Å². The highest BCUT2D eigenvalue weighted by Crippen LogP contribution is 2.46. The van der Waals surface area contributed by atoms with Gasteiger partial charge in [0.2, 0.25) is 0 Å². The van der Waals surface area contributed by atoms with Crippen LogP contribution < -0.4 is 0 Å². The van der Waals surface area contributed by atoms with E-state index in [0.29, 0.717) is 22.8 Å². The molecule has 8 aromatic carbocycles. The zero-order valence-electron chi connectivity index (χ0n) is 31.5. The van der Waals surface area contributed by atoms with Crippen LogP contribution >= 0.6 is 0 Å². The highest BCUT2D eigenvalue weighted by molar-refractivity contribution is 6.29. The van der Waals surface area contributed by atoms with Gasteiger partial charge in [0.05, 0.1) is 39.1 Å². The van der Waals surface area contributed by atoms with E-state index in [9.17, 15) is 5.26 Å². The number of fused-ring (bicyclic) bond motifs is 10. The summed E-state index contributed by atoms with van der Waals surface area (Å²) in [7, 11) is 0. The number of hydrogen-bond donors (Lipinski definition) is 0. The van der Waals surface area contributed by atoms with Crippen LogP contribution in [0.1, 0.15) is 5.56 Å². The summed E-state index contributed by atoms with van der Waals surface area (Å²) in [6.45, 7) is 0. The van der Waals surface area contributed by atoms with Crippen LogP contribution in [0.25, 0.3) is 111 Å². The third kappa shape index (κ3) is 4.86. The first kappa shape index (κ1) is 32.9. The summed E-state index contributed by atoms with van der Waals surface area (Å²) in [4.78, 5) is 10.4. The maximum atomic E-state index is 10.6. The Labute approximate surface area is 338 Å². The molecular weight excluding hydrogens is 723 g/mol. The van der Waals surface area contributed by atoms with Crippen molar-refractivity contribution in [1.82, 2.24) is 19.1 Å². The number of hydrogen-bond acceptors (Lipinski definition) is 4. The molecule has 0 atom stereocenters. The van der Waals surface area contributed by atoms with Crippen LogP contribution in [0.3, 0.4) is 0 Å². The van der Waals surface area contributed by atoms with Crippen LogP contribution in [0.15, 0.2) is 192 Å². The number of benzene rings is 8. The van der Waals surface area contributed by atoms with Crippen molar-refractivity contribution >= 4 is 65.6 Å². The normalized spacial score (nSPS) is 11.7. The Hall–Kier alpha value is -8.27. The molecule has 0 bridgehead atoms. The second-order valence-electron chi connectivity index (χ2n) is 14.8. The van der Waals surface area contributed by atoms with E-state index >= 15 is 0 Å². The largest absolute Gasteiger partial charge is 0.454 e. The van der Waals surface area contributed by atoms with Crippen molar-refractivity contribution in [3.05, 3.63) is 194 Å². The molecule has 0 radical (unpaired) electrons. The molecule has 0 aliphatic carbocycles. The fourth-order valence-corrected chi connectivity index (χ4v) is 9.11. The van der Waals surface area contributed by atoms with E-state index in [0.717, 1.165) is 77.5 Å². The Kier molecular flexibility index (Phi) is 7.19. The zero-order chi connectivity index (χ0) is 39.0. The minimum absolute atomic E-state index is 0.432. The molecule has 0 saturated heterocycles. The first-order chi connectivity index (χ1) is 29.3. The number of para-hydroxylation sites is 4. The van der Waals surface area contributed by atoms with Crippen molar-refractivity contribution in [3.8, 4) is 51.3 Å². The number of nitrogens with zero attached hydrogens (tertiary/aromatic N) is 5. The van der Waals surface area contributed by atoms with Crippen molar-refractivity contribution in [2.45, 2.75) is 0 Å². The maximum absolute atomic E-state index is 10.6. The van der Waals surface area contributed by atoms with E-state index in [1.807, 2.05) is 78.9 Å². The zero-order valence-corrected chi connectivity index (χ0v) is 31.5. The summed E-state index contributed by atoms with van der Waals surface area (Å²) < 4.78 is 11.6. The van der Waals surface area contributed by atoms with E-state index in [-0.39, 0.29) is 0 Å². The van der Waals surface area contributed by atoms with Gasteiger partial charge in [0.25, 0.3) is 0 Å². The molecule has 4 heterocycles. The monoisotopic (exact) mass is 753 g/mol. The van der Waals surface area contributed by atoms with Crippen molar-refractivity contribution in [3.63, 3.8) is 0 Å². The summed E-state index contributed by atoms with van der Waals surface area (Å²) >= 11 is 0. The molecule has 6 nitrogen and oxygen atoms in total. The number of nitriles is 1. The summed E-state index contributed by atoms with van der Waals surface area (Å²) in [5.41, 5.74) is 12.1. The molecular formula is C53H31N5O. The number of aromatic nitrogens is 4. The number of furan rings is 1. The standard InChI is InChI=1S/C53H31N5O/c54-32-40-50(33-16-4-1-5-17-33)55-53(56-51(40)34-18-6-2-7-19-34)39-28-29-45(52-47(39)38-24-12-15-27-46(38)59-52)58-42-26-14-11-23-37(42)49-44(58)31-30-43-48(49)36-22-10-13-25-41(36)57(43)35-20-8-3-9-21-35/h1-31H. The lowest BCUT2D eigenvalue weighted by Crippen LogP contribution is -2.02. The molecule has 0 saturated carbocycles. The third-order valence-electron chi connectivity index (χ3n) is 11.6. The van der Waals surface area contributed by atoms with E-state index in [4.69, 9.17) is 14.4 Å². The van der Waals surface area contributed by atoms with Gasteiger partial charge in [-0.1, -0.05) is 133 Å². The van der Waals surface area contributed by atoms with Crippen molar-refractivity contribution in [1.29, 1.82) is 5.26 Å². The van der Waals surface area contributed by atoms with Crippen LogP contribution in [0.2, 0.25) is 0 Å². The van der Waals surface area contributed by atoms with Gasteiger partial charge in [-0.3, -0.25) is 0 Å². The molecule has 0 aliphatic heterocycles. The Morgan fingerprint density at radius 2 is 0.949 bits per heavy atom. The van der Waals surface area contributed by atoms with E-state index < -0.39 is 0 Å². The summed E-state index contributed by atoms with van der Waals surface area (Å²) in [6, 6.07) is 67.1. The van der Waals surface area contributed by atoms with Gasteiger partial charge in [0.15, 0.2) is 11.4 Å². The smallest absolute Gasteiger partial charge is 0.161 e. The average Bonchev–Trinajstić information content (AvgIpc) is 3.97. The van der Waals surface area contributed by atoms with E-state index in [1.165, 1.54) is 16.2 Å². The molecule has 274 valence electrons. The van der Waals surface area contributed by atoms with Crippen LogP contribution in [0, 0.1) is 11.3 Å². The molecule has 0 N–H and O–H groups in total. The summed E-state index contributed by atoms with van der Waals surface area (Å²) in [5.74, 6) is 0.516. The maximum Gasteiger partial charge on any atom is 0.161 e. The quantitative estimate of drug-likeness (QED) is 0.175.